The van der Waals surface area contributed by atoms with Gasteiger partial charge < -0.3 is 15.0 Å². The fourth-order valence-electron chi connectivity index (χ4n) is 2.12. The normalized spacial score (nSPS) is 16.2. The smallest absolute Gasteiger partial charge is 0.229 e. The van der Waals surface area contributed by atoms with Gasteiger partial charge in [0.05, 0.1) is 24.7 Å². The van der Waals surface area contributed by atoms with E-state index in [1.807, 2.05) is 6.07 Å². The molecule has 0 aromatic heterocycles. The zero-order chi connectivity index (χ0) is 13.9. The average molecular weight is 285 g/mol. The zero-order valence-electron chi connectivity index (χ0n) is 11.1. The minimum Gasteiger partial charge on any atom is -0.495 e. The summed E-state index contributed by atoms with van der Waals surface area (Å²) in [5.41, 5.74) is 1.47. The van der Waals surface area contributed by atoms with Crippen LogP contribution in [0.25, 0.3) is 0 Å². The average Bonchev–Trinajstić information content (AvgIpc) is 2.38. The minimum absolute atomic E-state index is 0.553. The molecule has 0 spiro atoms. The van der Waals surface area contributed by atoms with Gasteiger partial charge in [-0.2, -0.15) is 0 Å². The molecule has 1 aliphatic rings. The summed E-state index contributed by atoms with van der Waals surface area (Å²) in [5.74, 6) is 0.751. The second-order valence-corrected chi connectivity index (χ2v) is 6.25. The molecule has 0 saturated carbocycles. The molecule has 0 unspecified atom stereocenters. The van der Waals surface area contributed by atoms with E-state index in [4.69, 9.17) is 4.74 Å². The third-order valence-corrected chi connectivity index (χ3v) is 3.55. The van der Waals surface area contributed by atoms with Crippen LogP contribution < -0.4 is 19.7 Å². The summed E-state index contributed by atoms with van der Waals surface area (Å²) in [7, 11) is -1.65. The summed E-state index contributed by atoms with van der Waals surface area (Å²) in [6.45, 7) is 3.57. The van der Waals surface area contributed by atoms with Crippen LogP contribution in [0.1, 0.15) is 0 Å². The number of sulfonamides is 1. The second-order valence-electron chi connectivity index (χ2n) is 4.50. The van der Waals surface area contributed by atoms with Gasteiger partial charge in [-0.25, -0.2) is 8.42 Å². The highest BCUT2D eigenvalue weighted by Gasteiger charge is 2.16. The van der Waals surface area contributed by atoms with E-state index in [-0.39, 0.29) is 0 Å². The van der Waals surface area contributed by atoms with Gasteiger partial charge >= 0.3 is 0 Å². The number of rotatable bonds is 4. The first-order valence-corrected chi connectivity index (χ1v) is 8.00. The molecule has 2 rings (SSSR count). The van der Waals surface area contributed by atoms with Crippen LogP contribution in [0, 0.1) is 0 Å². The molecule has 6 nitrogen and oxygen atoms in total. The number of benzene rings is 1. The van der Waals surface area contributed by atoms with Gasteiger partial charge in [-0.3, -0.25) is 4.72 Å². The maximum atomic E-state index is 11.3. The molecule has 7 heteroatoms. The Balaban J connectivity index is 2.30. The number of nitrogens with one attached hydrogen (secondary N) is 2. The Kier molecular flexibility index (Phi) is 4.16. The second kappa shape index (κ2) is 5.66. The molecule has 2 N–H and O–H groups in total. The van der Waals surface area contributed by atoms with Crippen molar-refractivity contribution >= 4 is 21.4 Å². The van der Waals surface area contributed by atoms with Crippen molar-refractivity contribution < 1.29 is 13.2 Å². The van der Waals surface area contributed by atoms with Gasteiger partial charge in [0.2, 0.25) is 10.0 Å². The fraction of sp³-hybridized carbons (Fsp3) is 0.500. The molecule has 1 aromatic rings. The largest absolute Gasteiger partial charge is 0.495 e. The van der Waals surface area contributed by atoms with E-state index < -0.39 is 10.0 Å². The van der Waals surface area contributed by atoms with Crippen LogP contribution in [-0.2, 0) is 10.0 Å². The Hall–Kier alpha value is -1.47. The van der Waals surface area contributed by atoms with E-state index in [9.17, 15) is 8.42 Å². The third kappa shape index (κ3) is 3.74. The van der Waals surface area contributed by atoms with E-state index in [1.165, 1.54) is 0 Å². The van der Waals surface area contributed by atoms with Crippen molar-refractivity contribution in [3.63, 3.8) is 0 Å². The summed E-state index contributed by atoms with van der Waals surface area (Å²) >= 11 is 0. The zero-order valence-corrected chi connectivity index (χ0v) is 12.0. The first kappa shape index (κ1) is 14.0. The van der Waals surface area contributed by atoms with Crippen LogP contribution in [0.4, 0.5) is 11.4 Å². The lowest BCUT2D eigenvalue weighted by Crippen LogP contribution is -2.43. The Morgan fingerprint density at radius 1 is 1.32 bits per heavy atom. The number of hydrogen-bond acceptors (Lipinski definition) is 5. The predicted molar refractivity (Wildman–Crippen MR) is 76.5 cm³/mol. The van der Waals surface area contributed by atoms with Crippen molar-refractivity contribution in [3.8, 4) is 5.75 Å². The summed E-state index contributed by atoms with van der Waals surface area (Å²) in [6, 6.07) is 5.29. The fourth-order valence-corrected chi connectivity index (χ4v) is 2.68. The van der Waals surface area contributed by atoms with Gasteiger partial charge in [0.25, 0.3) is 0 Å². The molecule has 19 heavy (non-hydrogen) atoms. The number of methoxy groups -OCH3 is 1. The maximum absolute atomic E-state index is 11.3. The molecule has 1 fully saturated rings. The highest BCUT2D eigenvalue weighted by atomic mass is 32.2. The lowest BCUT2D eigenvalue weighted by molar-refractivity contribution is 0.413. The van der Waals surface area contributed by atoms with Gasteiger partial charge in [-0.05, 0) is 18.2 Å². The van der Waals surface area contributed by atoms with Gasteiger partial charge in [0.15, 0.2) is 0 Å². The van der Waals surface area contributed by atoms with Crippen LogP contribution in [-0.4, -0.2) is 48.0 Å². The molecular formula is C12H19N3O3S. The molecule has 1 aromatic carbocycles. The van der Waals surface area contributed by atoms with Crippen molar-refractivity contribution in [3.05, 3.63) is 18.2 Å². The lowest BCUT2D eigenvalue weighted by atomic mass is 10.2. The number of hydrogen-bond donors (Lipinski definition) is 2. The summed E-state index contributed by atoms with van der Waals surface area (Å²) in [5, 5.41) is 3.28. The van der Waals surface area contributed by atoms with Crippen LogP contribution in [0.5, 0.6) is 5.75 Å². The molecule has 0 amide bonds. The molecule has 106 valence electrons. The van der Waals surface area contributed by atoms with Gasteiger partial charge in [0, 0.05) is 26.2 Å². The number of nitrogens with zero attached hydrogens (tertiary/aromatic N) is 1. The molecule has 0 radical (unpaired) electrons. The van der Waals surface area contributed by atoms with Gasteiger partial charge in [-0.15, -0.1) is 0 Å². The Bertz CT molecular complexity index is 539. The van der Waals surface area contributed by atoms with Crippen LogP contribution in [0.3, 0.4) is 0 Å². The molecule has 0 aliphatic carbocycles. The molecule has 1 saturated heterocycles. The summed E-state index contributed by atoms with van der Waals surface area (Å²) < 4.78 is 30.4. The van der Waals surface area contributed by atoms with Crippen LogP contribution in [0.15, 0.2) is 18.2 Å². The van der Waals surface area contributed by atoms with Crippen molar-refractivity contribution in [1.29, 1.82) is 0 Å². The molecule has 0 bridgehead atoms. The first-order valence-electron chi connectivity index (χ1n) is 6.11. The molecular weight excluding hydrogens is 266 g/mol. The van der Waals surface area contributed by atoms with E-state index >= 15 is 0 Å². The van der Waals surface area contributed by atoms with E-state index in [0.29, 0.717) is 5.69 Å². The monoisotopic (exact) mass is 285 g/mol. The Labute approximate surface area is 113 Å². The van der Waals surface area contributed by atoms with Crippen molar-refractivity contribution in [2.24, 2.45) is 0 Å². The number of piperazine rings is 1. The minimum atomic E-state index is -3.27. The van der Waals surface area contributed by atoms with Crippen molar-refractivity contribution in [2.75, 3.05) is 49.2 Å². The lowest BCUT2D eigenvalue weighted by Gasteiger charge is -2.30. The van der Waals surface area contributed by atoms with Crippen LogP contribution >= 0.6 is 0 Å². The third-order valence-electron chi connectivity index (χ3n) is 2.94. The Morgan fingerprint density at radius 3 is 2.58 bits per heavy atom. The molecule has 0 atom stereocenters. The topological polar surface area (TPSA) is 70.7 Å². The SMILES string of the molecule is COc1ccc(NS(C)(=O)=O)cc1N1CCNCC1. The van der Waals surface area contributed by atoms with Crippen molar-refractivity contribution in [1.82, 2.24) is 5.32 Å². The van der Waals surface area contributed by atoms with E-state index in [0.717, 1.165) is 43.9 Å². The van der Waals surface area contributed by atoms with Crippen molar-refractivity contribution in [2.45, 2.75) is 0 Å². The highest BCUT2D eigenvalue weighted by molar-refractivity contribution is 7.92. The maximum Gasteiger partial charge on any atom is 0.229 e. The van der Waals surface area contributed by atoms with Gasteiger partial charge in [-0.1, -0.05) is 0 Å². The first-order chi connectivity index (χ1) is 8.99. The number of ether oxygens (including phenoxy) is 1. The molecule has 1 aliphatic heterocycles. The molecule has 1 heterocycles. The van der Waals surface area contributed by atoms with E-state index in [2.05, 4.69) is 14.9 Å². The standard InChI is InChI=1S/C12H19N3O3S/c1-18-12-4-3-10(14-19(2,16)17)9-11(12)15-7-5-13-6-8-15/h3-4,9,13-14H,5-8H2,1-2H3. The quantitative estimate of drug-likeness (QED) is 0.842. The highest BCUT2D eigenvalue weighted by Crippen LogP contribution is 2.31. The Morgan fingerprint density at radius 2 is 2.00 bits per heavy atom. The predicted octanol–water partition coefficient (Wildman–Crippen LogP) is 0.476. The summed E-state index contributed by atoms with van der Waals surface area (Å²) in [6.07, 6.45) is 1.14. The van der Waals surface area contributed by atoms with Gasteiger partial charge in [0.1, 0.15) is 5.75 Å². The van der Waals surface area contributed by atoms with E-state index in [1.54, 1.807) is 19.2 Å². The van der Waals surface area contributed by atoms with Crippen LogP contribution in [0.2, 0.25) is 0 Å². The number of anilines is 2. The summed E-state index contributed by atoms with van der Waals surface area (Å²) in [4.78, 5) is 2.18.